The van der Waals surface area contributed by atoms with Crippen molar-refractivity contribution in [3.63, 3.8) is 0 Å². The number of pyridine rings is 1. The number of amides is 2. The molecule has 7 rings (SSSR count). The van der Waals surface area contributed by atoms with Gasteiger partial charge in [0.2, 0.25) is 5.91 Å². The molecule has 2 amide bonds. The smallest absolute Gasteiger partial charge is 0.416 e. The van der Waals surface area contributed by atoms with Crippen molar-refractivity contribution in [2.24, 2.45) is 0 Å². The summed E-state index contributed by atoms with van der Waals surface area (Å²) in [4.78, 5) is 40.8. The van der Waals surface area contributed by atoms with Gasteiger partial charge in [-0.2, -0.15) is 13.2 Å². The highest BCUT2D eigenvalue weighted by Gasteiger charge is 2.39. The van der Waals surface area contributed by atoms with E-state index in [-0.39, 0.29) is 41.2 Å². The summed E-state index contributed by atoms with van der Waals surface area (Å²) in [5, 5.41) is 2.75. The third-order valence-corrected chi connectivity index (χ3v) is 8.67. The van der Waals surface area contributed by atoms with Crippen LogP contribution in [0.1, 0.15) is 66.2 Å². The molecule has 3 aliphatic rings. The van der Waals surface area contributed by atoms with Gasteiger partial charge < -0.3 is 20.7 Å². The van der Waals surface area contributed by atoms with Crippen LogP contribution in [0.2, 0.25) is 5.15 Å². The van der Waals surface area contributed by atoms with E-state index in [4.69, 9.17) is 27.1 Å². The number of halogens is 4. The van der Waals surface area contributed by atoms with Gasteiger partial charge in [-0.3, -0.25) is 14.0 Å². The van der Waals surface area contributed by atoms with Gasteiger partial charge in [-0.1, -0.05) is 11.6 Å². The number of alkyl halides is 3. The van der Waals surface area contributed by atoms with Gasteiger partial charge in [0.05, 0.1) is 17.9 Å². The number of imidazole rings is 1. The quantitative estimate of drug-likeness (QED) is 0.281. The second-order valence-corrected chi connectivity index (χ2v) is 11.8. The van der Waals surface area contributed by atoms with Gasteiger partial charge in [0.1, 0.15) is 39.6 Å². The highest BCUT2D eigenvalue weighted by atomic mass is 35.5. The number of fused-ring (bicyclic) bond motifs is 2. The number of ether oxygens (including phenoxy) is 1. The maximum absolute atomic E-state index is 13.2. The first-order chi connectivity index (χ1) is 21.1. The average molecular weight is 626 g/mol. The molecule has 14 heteroatoms. The fourth-order valence-corrected chi connectivity index (χ4v) is 6.28. The minimum absolute atomic E-state index is 0.0546. The van der Waals surface area contributed by atoms with Gasteiger partial charge in [-0.15, -0.1) is 0 Å². The number of nitrogen functional groups attached to an aromatic ring is 1. The molecule has 1 aliphatic carbocycles. The van der Waals surface area contributed by atoms with E-state index in [9.17, 15) is 22.8 Å². The molecule has 2 atom stereocenters. The molecule has 2 saturated heterocycles. The number of hydrogen-bond donors (Lipinski definition) is 2. The van der Waals surface area contributed by atoms with Gasteiger partial charge in [0.15, 0.2) is 0 Å². The normalized spacial score (nSPS) is 20.2. The Hall–Kier alpha value is -4.39. The standard InChI is InChI=1S/C30H27ClF3N7O3/c31-22-13-37-27(35)26-25(39-28(41(22)26)16-1-3-18-4-8-24(42)40(18)14-16)20-7-2-15(11-21(20)44-19-5-6-19)29(43)38-23-12-17(9-10-36-23)30(32,33)34/h2,7,9-13,16,18-19H,1,3-6,8,14H2,(H2,35,37)(H,36,38,43). The molecule has 44 heavy (non-hydrogen) atoms. The summed E-state index contributed by atoms with van der Waals surface area (Å²) in [6.45, 7) is 0.523. The minimum atomic E-state index is -4.58. The van der Waals surface area contributed by atoms with Crippen LogP contribution in [-0.2, 0) is 11.0 Å². The van der Waals surface area contributed by atoms with E-state index in [0.29, 0.717) is 46.5 Å². The fraction of sp³-hybridized carbons (Fsp3) is 0.367. The third-order valence-electron chi connectivity index (χ3n) is 8.40. The van der Waals surface area contributed by atoms with Crippen molar-refractivity contribution in [1.82, 2.24) is 24.3 Å². The minimum Gasteiger partial charge on any atom is -0.490 e. The molecule has 3 fully saturated rings. The molecule has 3 aromatic heterocycles. The first-order valence-electron chi connectivity index (χ1n) is 14.3. The Kier molecular flexibility index (Phi) is 6.87. The lowest BCUT2D eigenvalue weighted by atomic mass is 9.92. The van der Waals surface area contributed by atoms with E-state index in [0.717, 1.165) is 50.4 Å². The summed E-state index contributed by atoms with van der Waals surface area (Å²) >= 11 is 6.68. The summed E-state index contributed by atoms with van der Waals surface area (Å²) in [6, 6.07) is 6.58. The van der Waals surface area contributed by atoms with Crippen molar-refractivity contribution in [3.05, 3.63) is 64.8 Å². The van der Waals surface area contributed by atoms with Gasteiger partial charge in [0, 0.05) is 42.2 Å². The average Bonchev–Trinajstić information content (AvgIpc) is 3.60. The summed E-state index contributed by atoms with van der Waals surface area (Å²) in [5.74, 6) is 0.375. The zero-order valence-corrected chi connectivity index (χ0v) is 24.0. The van der Waals surface area contributed by atoms with Crippen molar-refractivity contribution >= 4 is 40.6 Å². The van der Waals surface area contributed by atoms with E-state index < -0.39 is 17.6 Å². The third kappa shape index (κ3) is 5.18. The second kappa shape index (κ2) is 10.7. The number of aromatic nitrogens is 4. The van der Waals surface area contributed by atoms with Crippen LogP contribution in [0.4, 0.5) is 24.8 Å². The summed E-state index contributed by atoms with van der Waals surface area (Å²) < 4.78 is 47.5. The number of carbonyl (C=O) groups excluding carboxylic acids is 2. The van der Waals surface area contributed by atoms with E-state index in [1.54, 1.807) is 10.5 Å². The number of nitrogens with zero attached hydrogens (tertiary/aromatic N) is 5. The number of nitrogens with two attached hydrogens (primary N) is 1. The maximum Gasteiger partial charge on any atom is 0.416 e. The zero-order valence-electron chi connectivity index (χ0n) is 23.3. The number of carbonyl (C=O) groups is 2. The molecule has 0 radical (unpaired) electrons. The molecule has 2 aliphatic heterocycles. The Balaban J connectivity index is 1.27. The van der Waals surface area contributed by atoms with E-state index in [1.165, 1.54) is 18.3 Å². The van der Waals surface area contributed by atoms with Crippen LogP contribution in [0, 0.1) is 0 Å². The predicted molar refractivity (Wildman–Crippen MR) is 155 cm³/mol. The number of hydrogen-bond acceptors (Lipinski definition) is 7. The van der Waals surface area contributed by atoms with Gasteiger partial charge in [-0.25, -0.2) is 15.0 Å². The molecule has 2 unspecified atom stereocenters. The molecule has 4 aromatic rings. The van der Waals surface area contributed by atoms with Gasteiger partial charge >= 0.3 is 6.18 Å². The molecule has 0 spiro atoms. The van der Waals surface area contributed by atoms with Gasteiger partial charge in [-0.05, 0) is 62.4 Å². The number of piperidine rings is 1. The molecular weight excluding hydrogens is 599 g/mol. The monoisotopic (exact) mass is 625 g/mol. The lowest BCUT2D eigenvalue weighted by molar-refractivity contribution is -0.137. The molecule has 5 heterocycles. The highest BCUT2D eigenvalue weighted by molar-refractivity contribution is 6.30. The number of nitrogens with one attached hydrogen (secondary N) is 1. The van der Waals surface area contributed by atoms with Crippen molar-refractivity contribution in [2.45, 2.75) is 62.8 Å². The zero-order chi connectivity index (χ0) is 30.7. The molecule has 1 aromatic carbocycles. The molecule has 3 N–H and O–H groups in total. The maximum atomic E-state index is 13.2. The molecular formula is C30H27ClF3N7O3. The van der Waals surface area contributed by atoms with Crippen molar-refractivity contribution in [2.75, 3.05) is 17.6 Å². The largest absolute Gasteiger partial charge is 0.490 e. The fourth-order valence-electron chi connectivity index (χ4n) is 6.06. The number of benzene rings is 1. The second-order valence-electron chi connectivity index (χ2n) is 11.4. The summed E-state index contributed by atoms with van der Waals surface area (Å²) in [7, 11) is 0. The van der Waals surface area contributed by atoms with Gasteiger partial charge in [0.25, 0.3) is 5.91 Å². The summed E-state index contributed by atoms with van der Waals surface area (Å²) in [5.41, 5.74) is 7.12. The van der Waals surface area contributed by atoms with E-state index in [2.05, 4.69) is 15.3 Å². The Labute approximate surface area is 254 Å². The Morgan fingerprint density at radius 3 is 2.68 bits per heavy atom. The molecule has 228 valence electrons. The number of rotatable bonds is 6. The van der Waals surface area contributed by atoms with Crippen molar-refractivity contribution in [1.29, 1.82) is 0 Å². The highest BCUT2D eigenvalue weighted by Crippen LogP contribution is 2.42. The predicted octanol–water partition coefficient (Wildman–Crippen LogP) is 5.71. The Morgan fingerprint density at radius 2 is 1.91 bits per heavy atom. The van der Waals surface area contributed by atoms with Crippen LogP contribution in [0.25, 0.3) is 16.8 Å². The van der Waals surface area contributed by atoms with Crippen LogP contribution in [0.15, 0.2) is 42.7 Å². The van der Waals surface area contributed by atoms with Crippen molar-refractivity contribution < 1.29 is 27.5 Å². The topological polar surface area (TPSA) is 128 Å². The lowest BCUT2D eigenvalue weighted by Gasteiger charge is -2.34. The summed E-state index contributed by atoms with van der Waals surface area (Å²) in [6.07, 6.45) is 2.58. The van der Waals surface area contributed by atoms with Crippen LogP contribution < -0.4 is 15.8 Å². The van der Waals surface area contributed by atoms with Crippen molar-refractivity contribution in [3.8, 4) is 17.0 Å². The Bertz CT molecular complexity index is 1810. The lowest BCUT2D eigenvalue weighted by Crippen LogP contribution is -2.41. The first-order valence-corrected chi connectivity index (χ1v) is 14.7. The number of anilines is 2. The molecule has 0 bridgehead atoms. The Morgan fingerprint density at radius 1 is 1.09 bits per heavy atom. The SMILES string of the molecule is Nc1ncc(Cl)n2c(C3CCC4CCC(=O)N4C3)nc(-c3ccc(C(=O)Nc4cc(C(F)(F)F)ccn4)cc3OC3CC3)c12. The van der Waals surface area contributed by atoms with Crippen LogP contribution in [0.5, 0.6) is 5.75 Å². The van der Waals surface area contributed by atoms with E-state index in [1.807, 2.05) is 4.90 Å². The van der Waals surface area contributed by atoms with Crippen LogP contribution in [0.3, 0.4) is 0 Å². The first kappa shape index (κ1) is 28.4. The van der Waals surface area contributed by atoms with Crippen LogP contribution in [-0.4, -0.2) is 54.8 Å². The molecule has 10 nitrogen and oxygen atoms in total. The van der Waals surface area contributed by atoms with E-state index >= 15 is 0 Å². The molecule has 1 saturated carbocycles. The van der Waals surface area contributed by atoms with Crippen LogP contribution >= 0.6 is 11.6 Å².